The molecule has 1 aromatic carbocycles. The molecule has 0 bridgehead atoms. The van der Waals surface area contributed by atoms with Gasteiger partial charge in [0, 0.05) is 34.8 Å². The number of rotatable bonds is 2. The van der Waals surface area contributed by atoms with Gasteiger partial charge in [-0.2, -0.15) is 0 Å². The number of hydrogen-bond acceptors (Lipinski definition) is 5. The summed E-state index contributed by atoms with van der Waals surface area (Å²) in [5.41, 5.74) is -0.434. The maximum absolute atomic E-state index is 11.4. The normalized spacial score (nSPS) is 17.1. The van der Waals surface area contributed by atoms with Gasteiger partial charge in [-0.05, 0) is 13.8 Å². The zero-order valence-corrected chi connectivity index (χ0v) is 11.2. The minimum Gasteiger partial charge on any atom is -0.486 e. The van der Waals surface area contributed by atoms with E-state index in [2.05, 4.69) is 0 Å². The first-order valence-corrected chi connectivity index (χ1v) is 7.36. The molecule has 1 heterocycles. The lowest BCUT2D eigenvalue weighted by Crippen LogP contribution is -2.24. The van der Waals surface area contributed by atoms with E-state index in [4.69, 9.17) is 15.4 Å². The van der Waals surface area contributed by atoms with E-state index in [1.807, 2.05) is 0 Å². The average molecular weight is 292 g/mol. The Morgan fingerprint density at radius 3 is 2.56 bits per heavy atom. The molecular formula is C10H10ClNO5S. The molecule has 18 heavy (non-hydrogen) atoms. The summed E-state index contributed by atoms with van der Waals surface area (Å²) < 4.78 is 28.4. The van der Waals surface area contributed by atoms with Crippen LogP contribution in [0.3, 0.4) is 0 Å². The fourth-order valence-corrected chi connectivity index (χ4v) is 2.95. The highest BCUT2D eigenvalue weighted by Crippen LogP contribution is 2.43. The molecule has 0 fully saturated rings. The molecular weight excluding hydrogens is 282 g/mol. The van der Waals surface area contributed by atoms with Crippen molar-refractivity contribution in [2.24, 2.45) is 0 Å². The van der Waals surface area contributed by atoms with Gasteiger partial charge in [0.05, 0.1) is 4.92 Å². The Morgan fingerprint density at radius 1 is 1.44 bits per heavy atom. The van der Waals surface area contributed by atoms with Crippen molar-refractivity contribution in [3.8, 4) is 5.75 Å². The van der Waals surface area contributed by atoms with Crippen LogP contribution in [0.5, 0.6) is 5.75 Å². The van der Waals surface area contributed by atoms with Crippen molar-refractivity contribution in [2.45, 2.75) is 30.8 Å². The maximum Gasteiger partial charge on any atom is 0.271 e. The van der Waals surface area contributed by atoms with Gasteiger partial charge in [-0.3, -0.25) is 10.1 Å². The minimum absolute atomic E-state index is 0.112. The highest BCUT2D eigenvalue weighted by atomic mass is 35.7. The minimum atomic E-state index is -4.09. The number of halogens is 1. The number of nitrogens with zero attached hydrogens (tertiary/aromatic N) is 1. The first-order chi connectivity index (χ1) is 8.10. The molecule has 0 aromatic heterocycles. The molecule has 98 valence electrons. The average Bonchev–Trinajstić information content (AvgIpc) is 2.47. The quantitative estimate of drug-likeness (QED) is 0.474. The summed E-state index contributed by atoms with van der Waals surface area (Å²) in [6.07, 6.45) is 0.392. The van der Waals surface area contributed by atoms with Gasteiger partial charge in [-0.15, -0.1) is 0 Å². The first-order valence-electron chi connectivity index (χ1n) is 5.05. The Bertz CT molecular complexity index is 638. The van der Waals surface area contributed by atoms with Crippen LogP contribution < -0.4 is 4.74 Å². The van der Waals surface area contributed by atoms with E-state index in [-0.39, 0.29) is 16.3 Å². The highest BCUT2D eigenvalue weighted by Gasteiger charge is 2.36. The van der Waals surface area contributed by atoms with Crippen LogP contribution in [0.25, 0.3) is 0 Å². The van der Waals surface area contributed by atoms with Gasteiger partial charge in [0.15, 0.2) is 0 Å². The first kappa shape index (κ1) is 13.1. The van der Waals surface area contributed by atoms with Crippen molar-refractivity contribution in [1.29, 1.82) is 0 Å². The summed E-state index contributed by atoms with van der Waals surface area (Å²) >= 11 is 0. The van der Waals surface area contributed by atoms with Gasteiger partial charge in [0.25, 0.3) is 14.7 Å². The zero-order chi connectivity index (χ0) is 13.7. The Kier molecular flexibility index (Phi) is 2.78. The molecule has 0 amide bonds. The van der Waals surface area contributed by atoms with Gasteiger partial charge < -0.3 is 4.74 Å². The van der Waals surface area contributed by atoms with Crippen molar-refractivity contribution in [1.82, 2.24) is 0 Å². The van der Waals surface area contributed by atoms with E-state index in [0.29, 0.717) is 12.0 Å². The fourth-order valence-electron chi connectivity index (χ4n) is 1.95. The van der Waals surface area contributed by atoms with Crippen molar-refractivity contribution in [3.63, 3.8) is 0 Å². The lowest BCUT2D eigenvalue weighted by molar-refractivity contribution is -0.385. The summed E-state index contributed by atoms with van der Waals surface area (Å²) in [6, 6.07) is 2.23. The molecule has 1 aromatic rings. The molecule has 0 spiro atoms. The number of nitro benzene ring substituents is 1. The second-order valence-corrected chi connectivity index (χ2v) is 7.20. The van der Waals surface area contributed by atoms with Gasteiger partial charge in [-0.1, -0.05) is 0 Å². The van der Waals surface area contributed by atoms with E-state index in [0.717, 1.165) is 6.07 Å². The molecule has 0 aliphatic carbocycles. The third kappa shape index (κ3) is 2.28. The van der Waals surface area contributed by atoms with E-state index in [1.54, 1.807) is 13.8 Å². The SMILES string of the molecule is CC1(C)Cc2cc([N+](=O)[O-])cc(S(=O)(=O)Cl)c2O1. The van der Waals surface area contributed by atoms with Crippen LogP contribution in [0, 0.1) is 10.1 Å². The second-order valence-electron chi connectivity index (χ2n) is 4.67. The molecule has 8 heteroatoms. The Balaban J connectivity index is 2.72. The van der Waals surface area contributed by atoms with Crippen molar-refractivity contribution in [3.05, 3.63) is 27.8 Å². The van der Waals surface area contributed by atoms with E-state index in [1.165, 1.54) is 6.07 Å². The van der Waals surface area contributed by atoms with Crippen LogP contribution in [-0.2, 0) is 15.5 Å². The van der Waals surface area contributed by atoms with Gasteiger partial charge in [0.1, 0.15) is 16.2 Å². The lowest BCUT2D eigenvalue weighted by Gasteiger charge is -2.17. The molecule has 6 nitrogen and oxygen atoms in total. The Labute approximate surface area is 108 Å². The molecule has 0 saturated carbocycles. The maximum atomic E-state index is 11.4. The van der Waals surface area contributed by atoms with Crippen molar-refractivity contribution < 1.29 is 18.1 Å². The molecule has 0 radical (unpaired) electrons. The summed E-state index contributed by atoms with van der Waals surface area (Å²) in [5.74, 6) is 0.112. The third-order valence-electron chi connectivity index (χ3n) is 2.58. The molecule has 0 N–H and O–H groups in total. The van der Waals surface area contributed by atoms with Gasteiger partial charge in [0.2, 0.25) is 0 Å². The van der Waals surface area contributed by atoms with Crippen LogP contribution in [-0.4, -0.2) is 18.9 Å². The highest BCUT2D eigenvalue weighted by molar-refractivity contribution is 8.13. The predicted molar refractivity (Wildman–Crippen MR) is 64.5 cm³/mol. The fraction of sp³-hybridized carbons (Fsp3) is 0.400. The Morgan fingerprint density at radius 2 is 2.06 bits per heavy atom. The zero-order valence-electron chi connectivity index (χ0n) is 9.64. The summed E-state index contributed by atoms with van der Waals surface area (Å²) in [5, 5.41) is 10.8. The van der Waals surface area contributed by atoms with Crippen molar-refractivity contribution in [2.75, 3.05) is 0 Å². The molecule has 0 saturated heterocycles. The summed E-state index contributed by atoms with van der Waals surface area (Å²) in [7, 11) is 1.19. The number of hydrogen-bond donors (Lipinski definition) is 0. The molecule has 0 unspecified atom stereocenters. The van der Waals surface area contributed by atoms with Crippen LogP contribution in [0.2, 0.25) is 0 Å². The summed E-state index contributed by atoms with van der Waals surface area (Å²) in [4.78, 5) is 9.76. The number of benzene rings is 1. The number of nitro groups is 1. The monoisotopic (exact) mass is 291 g/mol. The smallest absolute Gasteiger partial charge is 0.271 e. The van der Waals surface area contributed by atoms with Crippen LogP contribution >= 0.6 is 10.7 Å². The van der Waals surface area contributed by atoms with Gasteiger partial charge in [-0.25, -0.2) is 8.42 Å². The predicted octanol–water partition coefficient (Wildman–Crippen LogP) is 2.24. The lowest BCUT2D eigenvalue weighted by atomic mass is 10.0. The molecule has 1 aliphatic rings. The Hall–Kier alpha value is -1.34. The topological polar surface area (TPSA) is 86.5 Å². The number of non-ortho nitro benzene ring substituents is 1. The third-order valence-corrected chi connectivity index (χ3v) is 3.91. The van der Waals surface area contributed by atoms with E-state index < -0.39 is 19.6 Å². The molecule has 2 rings (SSSR count). The molecule has 0 atom stereocenters. The second kappa shape index (κ2) is 3.83. The largest absolute Gasteiger partial charge is 0.486 e. The van der Waals surface area contributed by atoms with Gasteiger partial charge >= 0.3 is 0 Å². The van der Waals surface area contributed by atoms with E-state index >= 15 is 0 Å². The summed E-state index contributed by atoms with van der Waals surface area (Å²) in [6.45, 7) is 3.53. The molecule has 1 aliphatic heterocycles. The van der Waals surface area contributed by atoms with E-state index in [9.17, 15) is 18.5 Å². The number of ether oxygens (including phenoxy) is 1. The van der Waals surface area contributed by atoms with Crippen molar-refractivity contribution >= 4 is 25.4 Å². The number of fused-ring (bicyclic) bond motifs is 1. The van der Waals surface area contributed by atoms with Crippen LogP contribution in [0.15, 0.2) is 17.0 Å². The van der Waals surface area contributed by atoms with Crippen LogP contribution in [0.4, 0.5) is 5.69 Å². The standard InChI is InChI=1S/C10H10ClNO5S/c1-10(2)5-6-3-7(12(13)14)4-8(9(6)17-10)18(11,15)16/h3-4H,5H2,1-2H3. The van der Waals surface area contributed by atoms with Crippen LogP contribution in [0.1, 0.15) is 19.4 Å².